The summed E-state index contributed by atoms with van der Waals surface area (Å²) >= 11 is 3.40. The first-order valence-corrected chi connectivity index (χ1v) is 5.66. The van der Waals surface area contributed by atoms with Gasteiger partial charge in [-0.15, -0.1) is 0 Å². The molecule has 0 amide bonds. The van der Waals surface area contributed by atoms with Crippen molar-refractivity contribution in [2.45, 2.75) is 13.3 Å². The van der Waals surface area contributed by atoms with E-state index in [4.69, 9.17) is 4.52 Å². The topological polar surface area (TPSA) is 43.1 Å². The highest BCUT2D eigenvalue weighted by Crippen LogP contribution is 2.27. The average molecular weight is 280 g/mol. The first-order chi connectivity index (χ1) is 7.72. The molecule has 0 saturated heterocycles. The standard InChI is InChI=1S/C12H10BrNO2/c1-8-11(5-6-15)12(14-16-8)9-3-2-4-10(13)7-9/h2-4,6-7H,5H2,1H3. The zero-order valence-corrected chi connectivity index (χ0v) is 10.3. The Morgan fingerprint density at radius 3 is 3.00 bits per heavy atom. The van der Waals surface area contributed by atoms with Crippen molar-refractivity contribution in [1.82, 2.24) is 5.16 Å². The van der Waals surface area contributed by atoms with E-state index in [1.165, 1.54) is 0 Å². The van der Waals surface area contributed by atoms with E-state index < -0.39 is 0 Å². The molecule has 82 valence electrons. The third-order valence-corrected chi connectivity index (χ3v) is 2.86. The van der Waals surface area contributed by atoms with Crippen molar-refractivity contribution in [3.05, 3.63) is 40.1 Å². The van der Waals surface area contributed by atoms with Crippen LogP contribution in [0.1, 0.15) is 11.3 Å². The zero-order valence-electron chi connectivity index (χ0n) is 8.74. The van der Waals surface area contributed by atoms with Gasteiger partial charge in [0.25, 0.3) is 0 Å². The average Bonchev–Trinajstić information content (AvgIpc) is 2.61. The Hall–Kier alpha value is -1.42. The number of halogens is 1. The van der Waals surface area contributed by atoms with Crippen LogP contribution < -0.4 is 0 Å². The van der Waals surface area contributed by atoms with Gasteiger partial charge in [0.1, 0.15) is 17.7 Å². The summed E-state index contributed by atoms with van der Waals surface area (Å²) in [6, 6.07) is 7.76. The quantitative estimate of drug-likeness (QED) is 0.811. The van der Waals surface area contributed by atoms with Crippen molar-refractivity contribution in [3.8, 4) is 11.3 Å². The molecule has 0 aliphatic rings. The summed E-state index contributed by atoms with van der Waals surface area (Å²) in [5.74, 6) is 0.696. The fourth-order valence-corrected chi connectivity index (χ4v) is 1.98. The van der Waals surface area contributed by atoms with E-state index in [2.05, 4.69) is 21.1 Å². The molecule has 0 N–H and O–H groups in total. The number of aromatic nitrogens is 1. The van der Waals surface area contributed by atoms with Crippen molar-refractivity contribution in [3.63, 3.8) is 0 Å². The van der Waals surface area contributed by atoms with E-state index in [0.717, 1.165) is 27.6 Å². The lowest BCUT2D eigenvalue weighted by molar-refractivity contribution is -0.107. The molecule has 2 aromatic rings. The van der Waals surface area contributed by atoms with Gasteiger partial charge in [0.15, 0.2) is 0 Å². The van der Waals surface area contributed by atoms with Crippen molar-refractivity contribution in [1.29, 1.82) is 0 Å². The highest BCUT2D eigenvalue weighted by Gasteiger charge is 2.13. The lowest BCUT2D eigenvalue weighted by Crippen LogP contribution is -1.90. The maximum Gasteiger partial charge on any atom is 0.137 e. The molecular weight excluding hydrogens is 270 g/mol. The number of carbonyl (C=O) groups is 1. The van der Waals surface area contributed by atoms with Gasteiger partial charge in [0.2, 0.25) is 0 Å². The Kier molecular flexibility index (Phi) is 3.19. The third-order valence-electron chi connectivity index (χ3n) is 2.37. The molecule has 1 aromatic carbocycles. The van der Waals surface area contributed by atoms with Gasteiger partial charge in [-0.1, -0.05) is 33.2 Å². The van der Waals surface area contributed by atoms with Crippen molar-refractivity contribution in [2.24, 2.45) is 0 Å². The second-order valence-corrected chi connectivity index (χ2v) is 4.36. The van der Waals surface area contributed by atoms with E-state index in [9.17, 15) is 4.79 Å². The number of aryl methyl sites for hydroxylation is 1. The minimum atomic E-state index is 0.331. The van der Waals surface area contributed by atoms with Gasteiger partial charge in [-0.3, -0.25) is 0 Å². The summed E-state index contributed by atoms with van der Waals surface area (Å²) in [6.07, 6.45) is 1.19. The van der Waals surface area contributed by atoms with E-state index in [1.54, 1.807) is 0 Å². The summed E-state index contributed by atoms with van der Waals surface area (Å²) < 4.78 is 6.09. The molecule has 1 aromatic heterocycles. The van der Waals surface area contributed by atoms with Crippen LogP contribution in [0.3, 0.4) is 0 Å². The Labute approximate surface area is 102 Å². The molecule has 0 unspecified atom stereocenters. The van der Waals surface area contributed by atoms with Crippen LogP contribution in [0.2, 0.25) is 0 Å². The van der Waals surface area contributed by atoms with Crippen LogP contribution >= 0.6 is 15.9 Å². The number of benzene rings is 1. The fraction of sp³-hybridized carbons (Fsp3) is 0.167. The normalized spacial score (nSPS) is 10.4. The molecule has 2 rings (SSSR count). The van der Waals surface area contributed by atoms with Gasteiger partial charge in [-0.2, -0.15) is 0 Å². The van der Waals surface area contributed by atoms with Crippen molar-refractivity contribution < 1.29 is 9.32 Å². The number of nitrogens with zero attached hydrogens (tertiary/aromatic N) is 1. The molecule has 0 bridgehead atoms. The number of carbonyl (C=O) groups excluding carboxylic acids is 1. The summed E-state index contributed by atoms with van der Waals surface area (Å²) in [5.41, 5.74) is 2.54. The van der Waals surface area contributed by atoms with Crippen molar-refractivity contribution in [2.75, 3.05) is 0 Å². The second-order valence-electron chi connectivity index (χ2n) is 3.45. The summed E-state index contributed by atoms with van der Waals surface area (Å²) in [6.45, 7) is 1.81. The highest BCUT2D eigenvalue weighted by molar-refractivity contribution is 9.10. The lowest BCUT2D eigenvalue weighted by atomic mass is 10.0. The summed E-state index contributed by atoms with van der Waals surface area (Å²) in [7, 11) is 0. The number of rotatable bonds is 3. The van der Waals surface area contributed by atoms with Crippen LogP contribution in [0.15, 0.2) is 33.3 Å². The van der Waals surface area contributed by atoms with Crippen LogP contribution in [0, 0.1) is 6.92 Å². The van der Waals surface area contributed by atoms with Crippen LogP contribution in [0.4, 0.5) is 0 Å². The summed E-state index contributed by atoms with van der Waals surface area (Å²) in [5, 5.41) is 3.99. The third kappa shape index (κ3) is 2.07. The molecule has 3 nitrogen and oxygen atoms in total. The zero-order chi connectivity index (χ0) is 11.5. The predicted octanol–water partition coefficient (Wildman–Crippen LogP) is 3.15. The molecule has 1 heterocycles. The van der Waals surface area contributed by atoms with Crippen molar-refractivity contribution >= 4 is 22.2 Å². The lowest BCUT2D eigenvalue weighted by Gasteiger charge is -1.99. The smallest absolute Gasteiger partial charge is 0.137 e. The van der Waals surface area contributed by atoms with Crippen LogP contribution in [0.25, 0.3) is 11.3 Å². The maximum absolute atomic E-state index is 10.6. The second kappa shape index (κ2) is 4.61. The van der Waals surface area contributed by atoms with E-state index in [-0.39, 0.29) is 0 Å². The summed E-state index contributed by atoms with van der Waals surface area (Å²) in [4.78, 5) is 10.6. The van der Waals surface area contributed by atoms with E-state index >= 15 is 0 Å². The van der Waals surface area contributed by atoms with Gasteiger partial charge < -0.3 is 9.32 Å². The van der Waals surface area contributed by atoms with Gasteiger partial charge in [-0.05, 0) is 19.1 Å². The molecule has 16 heavy (non-hydrogen) atoms. The first-order valence-electron chi connectivity index (χ1n) is 4.87. The Morgan fingerprint density at radius 2 is 2.31 bits per heavy atom. The minimum absolute atomic E-state index is 0.331. The van der Waals surface area contributed by atoms with Crippen LogP contribution in [-0.2, 0) is 11.2 Å². The van der Waals surface area contributed by atoms with E-state index in [0.29, 0.717) is 12.2 Å². The van der Waals surface area contributed by atoms with Crippen LogP contribution in [-0.4, -0.2) is 11.4 Å². The first kappa shape index (κ1) is 11.1. The van der Waals surface area contributed by atoms with E-state index in [1.807, 2.05) is 31.2 Å². The highest BCUT2D eigenvalue weighted by atomic mass is 79.9. The number of hydrogen-bond acceptors (Lipinski definition) is 3. The van der Waals surface area contributed by atoms with Gasteiger partial charge in [-0.25, -0.2) is 0 Å². The molecule has 0 spiro atoms. The Bertz CT molecular complexity index is 519. The predicted molar refractivity (Wildman–Crippen MR) is 64.1 cm³/mol. The molecule has 0 radical (unpaired) electrons. The minimum Gasteiger partial charge on any atom is -0.361 e. The molecule has 0 fully saturated rings. The SMILES string of the molecule is Cc1onc(-c2cccc(Br)c2)c1CC=O. The van der Waals surface area contributed by atoms with Gasteiger partial charge >= 0.3 is 0 Å². The Morgan fingerprint density at radius 1 is 1.50 bits per heavy atom. The van der Waals surface area contributed by atoms with Gasteiger partial charge in [0.05, 0.1) is 0 Å². The monoisotopic (exact) mass is 279 g/mol. The Balaban J connectivity index is 2.51. The number of aldehydes is 1. The molecule has 0 saturated carbocycles. The number of hydrogen-bond donors (Lipinski definition) is 0. The van der Waals surface area contributed by atoms with Crippen LogP contribution in [0.5, 0.6) is 0 Å². The molecular formula is C12H10BrNO2. The maximum atomic E-state index is 10.6. The largest absolute Gasteiger partial charge is 0.361 e. The molecule has 0 aliphatic heterocycles. The van der Waals surface area contributed by atoms with Gasteiger partial charge in [0, 0.05) is 22.0 Å². The molecule has 0 atom stereocenters. The fourth-order valence-electron chi connectivity index (χ4n) is 1.58. The molecule has 4 heteroatoms. The molecule has 0 aliphatic carbocycles.